The monoisotopic (exact) mass is 392 g/mol. The van der Waals surface area contributed by atoms with Crippen molar-refractivity contribution in [2.75, 3.05) is 0 Å². The normalized spacial score (nSPS) is 9.45. The van der Waals surface area contributed by atoms with Gasteiger partial charge in [-0.25, -0.2) is 4.79 Å². The molecule has 0 aliphatic heterocycles. The zero-order valence-corrected chi connectivity index (χ0v) is 13.1. The van der Waals surface area contributed by atoms with Gasteiger partial charge in [-0.3, -0.25) is 0 Å². The molecule has 0 bridgehead atoms. The van der Waals surface area contributed by atoms with Gasteiger partial charge in [-0.1, -0.05) is 0 Å². The van der Waals surface area contributed by atoms with Crippen molar-refractivity contribution in [1.82, 2.24) is 0 Å². The lowest BCUT2D eigenvalue weighted by Gasteiger charge is -2.08. The minimum Gasteiger partial charge on any atom is -0.457 e. The Labute approximate surface area is 132 Å². The Bertz CT molecular complexity index is 707. The molecule has 0 aliphatic rings. The van der Waals surface area contributed by atoms with Gasteiger partial charge in [0.2, 0.25) is 6.08 Å². The van der Waals surface area contributed by atoms with Gasteiger partial charge in [0, 0.05) is 8.95 Å². The van der Waals surface area contributed by atoms with Crippen LogP contribution in [-0.2, 0) is 4.79 Å². The summed E-state index contributed by atoms with van der Waals surface area (Å²) in [5.74, 6) is 1.17. The van der Waals surface area contributed by atoms with Crippen LogP contribution in [0.3, 0.4) is 0 Å². The predicted molar refractivity (Wildman–Crippen MR) is 80.9 cm³/mol. The summed E-state index contributed by atoms with van der Waals surface area (Å²) < 4.78 is 6.95. The maximum atomic E-state index is 10.1. The van der Waals surface area contributed by atoms with Gasteiger partial charge in [-0.15, -0.1) is 0 Å². The van der Waals surface area contributed by atoms with Crippen LogP contribution in [0.1, 0.15) is 5.56 Å². The van der Waals surface area contributed by atoms with Crippen molar-refractivity contribution in [3.63, 3.8) is 0 Å². The Morgan fingerprint density at radius 1 is 1.05 bits per heavy atom. The number of nitriles is 1. The van der Waals surface area contributed by atoms with Crippen molar-refractivity contribution >= 4 is 43.6 Å². The van der Waals surface area contributed by atoms with Gasteiger partial charge >= 0.3 is 0 Å². The molecule has 0 heterocycles. The number of ether oxygens (including phenoxy) is 1. The average Bonchev–Trinajstić information content (AvgIpc) is 2.41. The highest BCUT2D eigenvalue weighted by atomic mass is 79.9. The smallest absolute Gasteiger partial charge is 0.240 e. The molecule has 0 saturated carbocycles. The highest BCUT2D eigenvalue weighted by molar-refractivity contribution is 9.11. The van der Waals surface area contributed by atoms with E-state index in [9.17, 15) is 4.79 Å². The van der Waals surface area contributed by atoms with Crippen LogP contribution in [-0.4, -0.2) is 6.08 Å². The van der Waals surface area contributed by atoms with Crippen molar-refractivity contribution in [3.8, 4) is 17.6 Å². The minimum absolute atomic E-state index is 0.507. The standard InChI is InChI=1S/C14H6Br2N2O2/c15-13-5-11(6-14(16)12(13)7-17)20-10-3-1-9(2-4-10)18-8-19/h1-6H. The molecule has 98 valence electrons. The first-order valence-corrected chi connectivity index (χ1v) is 6.97. The zero-order chi connectivity index (χ0) is 14.5. The summed E-state index contributed by atoms with van der Waals surface area (Å²) >= 11 is 6.63. The van der Waals surface area contributed by atoms with Crippen molar-refractivity contribution in [2.45, 2.75) is 0 Å². The molecule has 0 atom stereocenters. The van der Waals surface area contributed by atoms with Crippen molar-refractivity contribution in [3.05, 3.63) is 50.9 Å². The third kappa shape index (κ3) is 3.34. The summed E-state index contributed by atoms with van der Waals surface area (Å²) in [5.41, 5.74) is 1.02. The van der Waals surface area contributed by atoms with E-state index in [2.05, 4.69) is 42.9 Å². The largest absolute Gasteiger partial charge is 0.457 e. The summed E-state index contributed by atoms with van der Waals surface area (Å²) in [6, 6.07) is 12.2. The third-order valence-corrected chi connectivity index (χ3v) is 3.63. The van der Waals surface area contributed by atoms with Gasteiger partial charge in [0.15, 0.2) is 0 Å². The molecule has 0 radical (unpaired) electrons. The summed E-state index contributed by atoms with van der Waals surface area (Å²) in [4.78, 5) is 13.6. The van der Waals surface area contributed by atoms with Crippen LogP contribution in [0.5, 0.6) is 11.5 Å². The maximum absolute atomic E-state index is 10.1. The molecule has 2 aromatic rings. The summed E-state index contributed by atoms with van der Waals surface area (Å²) in [6.07, 6.45) is 1.47. The Morgan fingerprint density at radius 3 is 2.15 bits per heavy atom. The second-order valence-electron chi connectivity index (χ2n) is 3.67. The first-order chi connectivity index (χ1) is 9.63. The number of isocyanates is 1. The summed E-state index contributed by atoms with van der Waals surface area (Å²) in [5, 5.41) is 8.97. The lowest BCUT2D eigenvalue weighted by molar-refractivity contribution is 0.482. The van der Waals surface area contributed by atoms with Gasteiger partial charge in [0.25, 0.3) is 0 Å². The molecule has 0 aliphatic carbocycles. The van der Waals surface area contributed by atoms with E-state index < -0.39 is 0 Å². The van der Waals surface area contributed by atoms with Gasteiger partial charge in [-0.2, -0.15) is 10.3 Å². The minimum atomic E-state index is 0.507. The fourth-order valence-electron chi connectivity index (χ4n) is 1.49. The fraction of sp³-hybridized carbons (Fsp3) is 0. The van der Waals surface area contributed by atoms with Crippen LogP contribution in [0, 0.1) is 11.3 Å². The predicted octanol–water partition coefficient (Wildman–Crippen LogP) is 4.84. The Hall–Kier alpha value is -1.93. The molecule has 0 saturated heterocycles. The van der Waals surface area contributed by atoms with E-state index in [1.165, 1.54) is 6.08 Å². The number of carbonyl (C=O) groups excluding carboxylic acids is 1. The zero-order valence-electron chi connectivity index (χ0n) is 9.93. The quantitative estimate of drug-likeness (QED) is 0.553. The van der Waals surface area contributed by atoms with E-state index in [1.54, 1.807) is 36.4 Å². The molecular weight excluding hydrogens is 388 g/mol. The maximum Gasteiger partial charge on any atom is 0.240 e. The summed E-state index contributed by atoms with van der Waals surface area (Å²) in [7, 11) is 0. The molecule has 2 aromatic carbocycles. The van der Waals surface area contributed by atoms with E-state index in [0.29, 0.717) is 31.7 Å². The molecule has 0 N–H and O–H groups in total. The molecule has 0 amide bonds. The number of hydrogen-bond donors (Lipinski definition) is 0. The second-order valence-corrected chi connectivity index (χ2v) is 5.38. The lowest BCUT2D eigenvalue weighted by Crippen LogP contribution is -1.87. The Balaban J connectivity index is 2.26. The topological polar surface area (TPSA) is 62.4 Å². The van der Waals surface area contributed by atoms with Crippen LogP contribution in [0.25, 0.3) is 0 Å². The van der Waals surface area contributed by atoms with E-state index in [4.69, 9.17) is 10.00 Å². The van der Waals surface area contributed by atoms with E-state index in [-0.39, 0.29) is 0 Å². The van der Waals surface area contributed by atoms with Crippen molar-refractivity contribution in [2.24, 2.45) is 4.99 Å². The molecule has 0 fully saturated rings. The number of benzene rings is 2. The first kappa shape index (κ1) is 14.5. The highest BCUT2D eigenvalue weighted by Gasteiger charge is 2.08. The second kappa shape index (κ2) is 6.49. The molecule has 0 aromatic heterocycles. The third-order valence-electron chi connectivity index (χ3n) is 2.37. The summed E-state index contributed by atoms with van der Waals surface area (Å²) in [6.45, 7) is 0. The SMILES string of the molecule is N#Cc1c(Br)cc(Oc2ccc(N=C=O)cc2)cc1Br. The Morgan fingerprint density at radius 2 is 1.65 bits per heavy atom. The highest BCUT2D eigenvalue weighted by Crippen LogP contribution is 2.33. The van der Waals surface area contributed by atoms with E-state index >= 15 is 0 Å². The van der Waals surface area contributed by atoms with Gasteiger partial charge < -0.3 is 4.74 Å². The molecule has 4 nitrogen and oxygen atoms in total. The molecule has 2 rings (SSSR count). The van der Waals surface area contributed by atoms with Crippen LogP contribution >= 0.6 is 31.9 Å². The van der Waals surface area contributed by atoms with Crippen LogP contribution < -0.4 is 4.74 Å². The van der Waals surface area contributed by atoms with Gasteiger partial charge in [0.1, 0.15) is 17.6 Å². The lowest BCUT2D eigenvalue weighted by atomic mass is 10.2. The number of nitrogens with zero attached hydrogens (tertiary/aromatic N) is 2. The Kier molecular flexibility index (Phi) is 4.70. The number of halogens is 2. The molecule has 20 heavy (non-hydrogen) atoms. The molecule has 6 heteroatoms. The van der Waals surface area contributed by atoms with Crippen molar-refractivity contribution < 1.29 is 9.53 Å². The average molecular weight is 394 g/mol. The van der Waals surface area contributed by atoms with Crippen molar-refractivity contribution in [1.29, 1.82) is 5.26 Å². The van der Waals surface area contributed by atoms with Crippen LogP contribution in [0.2, 0.25) is 0 Å². The van der Waals surface area contributed by atoms with Gasteiger partial charge in [-0.05, 0) is 68.3 Å². The first-order valence-electron chi connectivity index (χ1n) is 5.39. The molecule has 0 spiro atoms. The van der Waals surface area contributed by atoms with Crippen LogP contribution in [0.4, 0.5) is 5.69 Å². The number of hydrogen-bond acceptors (Lipinski definition) is 4. The van der Waals surface area contributed by atoms with Crippen LogP contribution in [0.15, 0.2) is 50.3 Å². The van der Waals surface area contributed by atoms with E-state index in [1.807, 2.05) is 0 Å². The van der Waals surface area contributed by atoms with E-state index in [0.717, 1.165) is 0 Å². The number of rotatable bonds is 3. The molecular formula is C14H6Br2N2O2. The number of aliphatic imine (C=N–C) groups is 1. The molecule has 0 unspecified atom stereocenters. The fourth-order valence-corrected chi connectivity index (χ4v) is 2.81. The van der Waals surface area contributed by atoms with Gasteiger partial charge in [0.05, 0.1) is 11.3 Å².